The monoisotopic (exact) mass is 297 g/mol. The Hall–Kier alpha value is -1.79. The lowest BCUT2D eigenvalue weighted by Gasteiger charge is -2.15. The number of carbonyl (C=O) groups is 2. The Kier molecular flexibility index (Phi) is 7.56. The van der Waals surface area contributed by atoms with E-state index in [1.165, 1.54) is 4.90 Å². The molecule has 0 spiro atoms. The molecule has 1 rings (SSSR count). The highest BCUT2D eigenvalue weighted by atomic mass is 16.2. The van der Waals surface area contributed by atoms with Crippen molar-refractivity contribution < 1.29 is 9.59 Å². The molecule has 1 heterocycles. The molecule has 1 aliphatic rings. The maximum Gasteiger partial charge on any atom is 0.324 e. The van der Waals surface area contributed by atoms with E-state index in [-0.39, 0.29) is 18.5 Å². The van der Waals surface area contributed by atoms with Gasteiger partial charge in [-0.3, -0.25) is 14.7 Å². The minimum absolute atomic E-state index is 0.0994. The molecule has 0 radical (unpaired) electrons. The van der Waals surface area contributed by atoms with Crippen LogP contribution in [0.1, 0.15) is 33.6 Å². The second-order valence-corrected chi connectivity index (χ2v) is 5.43. The molecule has 0 aromatic carbocycles. The van der Waals surface area contributed by atoms with Crippen LogP contribution >= 0.6 is 0 Å². The zero-order valence-electron chi connectivity index (χ0n) is 13.2. The first-order valence-electron chi connectivity index (χ1n) is 7.65. The zero-order valence-corrected chi connectivity index (χ0v) is 13.2. The van der Waals surface area contributed by atoms with E-state index in [0.717, 1.165) is 31.9 Å². The van der Waals surface area contributed by atoms with E-state index < -0.39 is 0 Å². The van der Waals surface area contributed by atoms with Crippen LogP contribution in [0, 0.1) is 5.92 Å². The van der Waals surface area contributed by atoms with Crippen molar-refractivity contribution in [3.05, 3.63) is 0 Å². The Morgan fingerprint density at radius 2 is 2.14 bits per heavy atom. The highest BCUT2D eigenvalue weighted by Gasteiger charge is 2.27. The van der Waals surface area contributed by atoms with Crippen LogP contribution in [0.25, 0.3) is 0 Å². The highest BCUT2D eigenvalue weighted by molar-refractivity contribution is 6.01. The fourth-order valence-corrected chi connectivity index (χ4v) is 2.00. The lowest BCUT2D eigenvalue weighted by atomic mass is 10.1. The van der Waals surface area contributed by atoms with Crippen molar-refractivity contribution in [1.29, 1.82) is 0 Å². The molecule has 0 unspecified atom stereocenters. The second kappa shape index (κ2) is 9.20. The van der Waals surface area contributed by atoms with Crippen LogP contribution in [-0.4, -0.2) is 55.5 Å². The smallest absolute Gasteiger partial charge is 0.324 e. The van der Waals surface area contributed by atoms with Gasteiger partial charge in [-0.05, 0) is 25.7 Å². The summed E-state index contributed by atoms with van der Waals surface area (Å²) in [6, 6.07) is -0.319. The molecule has 0 bridgehead atoms. The number of carbonyl (C=O) groups excluding carboxylic acids is 2. The first-order valence-corrected chi connectivity index (χ1v) is 7.65. The Morgan fingerprint density at radius 3 is 2.71 bits per heavy atom. The van der Waals surface area contributed by atoms with Gasteiger partial charge in [0.15, 0.2) is 5.96 Å². The number of imide groups is 1. The van der Waals surface area contributed by atoms with E-state index in [1.807, 2.05) is 6.92 Å². The Bertz CT molecular complexity index is 366. The molecule has 1 fully saturated rings. The number of hydrogen-bond donors (Lipinski definition) is 3. The standard InChI is InChI=1S/C14H27N5O2/c1-4-15-13(16-7-5-6-11(2)3)17-8-9-19-12(20)10-18-14(19)21/h11H,4-10H2,1-3H3,(H,18,21)(H2,15,16,17). The molecule has 0 aromatic rings. The molecule has 3 amide bonds. The van der Waals surface area contributed by atoms with Gasteiger partial charge in [0.1, 0.15) is 0 Å². The van der Waals surface area contributed by atoms with Crippen LogP contribution in [0.15, 0.2) is 4.99 Å². The second-order valence-electron chi connectivity index (χ2n) is 5.43. The minimum Gasteiger partial charge on any atom is -0.357 e. The van der Waals surface area contributed by atoms with Crippen LogP contribution in [0.5, 0.6) is 0 Å². The summed E-state index contributed by atoms with van der Waals surface area (Å²) in [5, 5.41) is 8.79. The van der Waals surface area contributed by atoms with Crippen LogP contribution in [0.3, 0.4) is 0 Å². The molecule has 21 heavy (non-hydrogen) atoms. The van der Waals surface area contributed by atoms with Crippen LogP contribution in [0.2, 0.25) is 0 Å². The number of nitrogens with zero attached hydrogens (tertiary/aromatic N) is 2. The summed E-state index contributed by atoms with van der Waals surface area (Å²) >= 11 is 0. The maximum absolute atomic E-state index is 11.4. The van der Waals surface area contributed by atoms with Crippen molar-refractivity contribution in [1.82, 2.24) is 20.9 Å². The summed E-state index contributed by atoms with van der Waals surface area (Å²) in [5.74, 6) is 1.24. The van der Waals surface area contributed by atoms with Gasteiger partial charge in [-0.1, -0.05) is 13.8 Å². The minimum atomic E-state index is -0.319. The average molecular weight is 297 g/mol. The summed E-state index contributed by atoms with van der Waals surface area (Å²) in [5.41, 5.74) is 0. The summed E-state index contributed by atoms with van der Waals surface area (Å²) in [6.45, 7) is 8.90. The number of rotatable bonds is 8. The highest BCUT2D eigenvalue weighted by Crippen LogP contribution is 2.02. The van der Waals surface area contributed by atoms with Crippen LogP contribution in [-0.2, 0) is 4.79 Å². The average Bonchev–Trinajstić information content (AvgIpc) is 2.74. The third-order valence-electron chi connectivity index (χ3n) is 3.12. The van der Waals surface area contributed by atoms with Gasteiger partial charge in [-0.2, -0.15) is 0 Å². The van der Waals surface area contributed by atoms with Gasteiger partial charge in [-0.15, -0.1) is 0 Å². The largest absolute Gasteiger partial charge is 0.357 e. The van der Waals surface area contributed by atoms with Crippen molar-refractivity contribution >= 4 is 17.9 Å². The van der Waals surface area contributed by atoms with E-state index in [0.29, 0.717) is 19.0 Å². The van der Waals surface area contributed by atoms with Gasteiger partial charge in [0.25, 0.3) is 0 Å². The van der Waals surface area contributed by atoms with Gasteiger partial charge >= 0.3 is 6.03 Å². The van der Waals surface area contributed by atoms with Crippen molar-refractivity contribution in [3.63, 3.8) is 0 Å². The lowest BCUT2D eigenvalue weighted by molar-refractivity contribution is -0.124. The first kappa shape index (κ1) is 17.3. The number of urea groups is 1. The number of hydrogen-bond acceptors (Lipinski definition) is 3. The van der Waals surface area contributed by atoms with Gasteiger partial charge in [-0.25, -0.2) is 4.79 Å². The summed E-state index contributed by atoms with van der Waals surface area (Å²) < 4.78 is 0. The van der Waals surface area contributed by atoms with E-state index in [9.17, 15) is 9.59 Å². The summed E-state index contributed by atoms with van der Waals surface area (Å²) in [4.78, 5) is 28.5. The summed E-state index contributed by atoms with van der Waals surface area (Å²) in [6.07, 6.45) is 2.21. The molecule has 3 N–H and O–H groups in total. The number of amides is 3. The predicted molar refractivity (Wildman–Crippen MR) is 83.2 cm³/mol. The van der Waals surface area contributed by atoms with Crippen molar-refractivity contribution in [2.75, 3.05) is 32.7 Å². The molecule has 0 atom stereocenters. The number of guanidine groups is 1. The molecule has 0 saturated carbocycles. The van der Waals surface area contributed by atoms with Crippen molar-refractivity contribution in [3.8, 4) is 0 Å². The van der Waals surface area contributed by atoms with Crippen molar-refractivity contribution in [2.45, 2.75) is 33.6 Å². The predicted octanol–water partition coefficient (Wildman–Crippen LogP) is 0.530. The van der Waals surface area contributed by atoms with Gasteiger partial charge in [0.2, 0.25) is 5.91 Å². The fraction of sp³-hybridized carbons (Fsp3) is 0.786. The maximum atomic E-state index is 11.4. The van der Waals surface area contributed by atoms with Gasteiger partial charge in [0, 0.05) is 26.2 Å². The Labute approximate surface area is 126 Å². The SMILES string of the molecule is CCNC(=NCCCC(C)C)NCCN1C(=O)CNC1=O. The van der Waals surface area contributed by atoms with E-state index in [2.05, 4.69) is 34.8 Å². The molecule has 1 aliphatic heterocycles. The Morgan fingerprint density at radius 1 is 1.38 bits per heavy atom. The number of aliphatic imine (C=N–C) groups is 1. The van der Waals surface area contributed by atoms with Crippen molar-refractivity contribution in [2.24, 2.45) is 10.9 Å². The molecule has 7 nitrogen and oxygen atoms in total. The van der Waals surface area contributed by atoms with Gasteiger partial charge < -0.3 is 16.0 Å². The quantitative estimate of drug-likeness (QED) is 0.264. The molecule has 120 valence electrons. The molecular weight excluding hydrogens is 270 g/mol. The number of nitrogens with one attached hydrogen (secondary N) is 3. The third kappa shape index (κ3) is 6.46. The molecule has 7 heteroatoms. The Balaban J connectivity index is 2.31. The zero-order chi connectivity index (χ0) is 15.7. The molecular formula is C14H27N5O2. The normalized spacial score (nSPS) is 15.6. The topological polar surface area (TPSA) is 85.8 Å². The van der Waals surface area contributed by atoms with Gasteiger partial charge in [0.05, 0.1) is 6.54 Å². The van der Waals surface area contributed by atoms with E-state index in [4.69, 9.17) is 0 Å². The fourth-order valence-electron chi connectivity index (χ4n) is 2.00. The van der Waals surface area contributed by atoms with E-state index >= 15 is 0 Å². The molecule has 0 aromatic heterocycles. The molecule has 0 aliphatic carbocycles. The summed E-state index contributed by atoms with van der Waals surface area (Å²) in [7, 11) is 0. The molecule has 1 saturated heterocycles. The lowest BCUT2D eigenvalue weighted by Crippen LogP contribution is -2.43. The van der Waals surface area contributed by atoms with Crippen LogP contribution in [0.4, 0.5) is 4.79 Å². The van der Waals surface area contributed by atoms with Crippen LogP contribution < -0.4 is 16.0 Å². The van der Waals surface area contributed by atoms with E-state index in [1.54, 1.807) is 0 Å². The first-order chi connectivity index (χ1) is 10.0. The third-order valence-corrected chi connectivity index (χ3v) is 3.12.